The van der Waals surface area contributed by atoms with Crippen molar-refractivity contribution in [2.24, 2.45) is 0 Å². The van der Waals surface area contributed by atoms with Gasteiger partial charge in [0.2, 0.25) is 0 Å². The van der Waals surface area contributed by atoms with Crippen molar-refractivity contribution >= 4 is 22.7 Å². The number of aryl methyl sites for hydroxylation is 1. The summed E-state index contributed by atoms with van der Waals surface area (Å²) in [5, 5.41) is 2.92. The first-order valence-corrected chi connectivity index (χ1v) is 9.85. The van der Waals surface area contributed by atoms with E-state index >= 15 is 0 Å². The maximum absolute atomic E-state index is 11.8. The molecule has 1 amide bonds. The van der Waals surface area contributed by atoms with Gasteiger partial charge in [-0.3, -0.25) is 9.69 Å². The number of nitrogens with zero attached hydrogens (tertiary/aromatic N) is 2. The lowest BCUT2D eigenvalue weighted by molar-refractivity contribution is 0.0374. The number of anilines is 1. The van der Waals surface area contributed by atoms with E-state index in [2.05, 4.69) is 15.2 Å². The summed E-state index contributed by atoms with van der Waals surface area (Å²) < 4.78 is 10.4. The Hall–Kier alpha value is -2.90. The number of ether oxygens (including phenoxy) is 1. The molecule has 2 aromatic carbocycles. The van der Waals surface area contributed by atoms with Gasteiger partial charge in [-0.1, -0.05) is 6.07 Å². The van der Waals surface area contributed by atoms with Crippen LogP contribution in [0.25, 0.3) is 11.1 Å². The van der Waals surface area contributed by atoms with Crippen LogP contribution >= 0.6 is 0 Å². The highest BCUT2D eigenvalue weighted by atomic mass is 16.5. The maximum Gasteiger partial charge on any atom is 0.251 e. The number of carbonyl (C=O) groups is 1. The Bertz CT molecular complexity index is 902. The zero-order chi connectivity index (χ0) is 20.5. The third-order valence-corrected chi connectivity index (χ3v) is 4.70. The Morgan fingerprint density at radius 3 is 2.69 bits per heavy atom. The maximum atomic E-state index is 11.8. The van der Waals surface area contributed by atoms with Crippen LogP contribution in [0.15, 0.2) is 53.3 Å². The van der Waals surface area contributed by atoms with Crippen molar-refractivity contribution < 1.29 is 13.9 Å². The molecule has 0 spiro atoms. The average molecular weight is 396 g/mol. The summed E-state index contributed by atoms with van der Waals surface area (Å²) in [4.78, 5) is 18.2. The molecule has 1 aliphatic rings. The van der Waals surface area contributed by atoms with E-state index in [0.29, 0.717) is 17.8 Å². The van der Waals surface area contributed by atoms with E-state index in [0.717, 1.165) is 50.4 Å². The molecule has 3 aromatic rings. The number of morpholine rings is 1. The fraction of sp³-hybridized carbons (Fsp3) is 0.364. The number of nitrogen functional groups attached to an aromatic ring is 1. The van der Waals surface area contributed by atoms with Crippen LogP contribution in [0.3, 0.4) is 0 Å². The quantitative estimate of drug-likeness (QED) is 0.509. The minimum absolute atomic E-state index is 0.0398. The number of oxazole rings is 1. The summed E-state index contributed by atoms with van der Waals surface area (Å²) in [5.74, 6) is -0.0398. The second kappa shape index (κ2) is 10.6. The summed E-state index contributed by atoms with van der Waals surface area (Å²) in [7, 11) is 0. The van der Waals surface area contributed by atoms with Gasteiger partial charge in [0.1, 0.15) is 5.52 Å². The molecule has 4 rings (SSSR count). The molecule has 1 saturated heterocycles. The molecule has 154 valence electrons. The summed E-state index contributed by atoms with van der Waals surface area (Å²) in [6.45, 7) is 7.35. The van der Waals surface area contributed by atoms with Crippen LogP contribution in [0.4, 0.5) is 5.69 Å². The van der Waals surface area contributed by atoms with Crippen LogP contribution in [0.2, 0.25) is 0 Å². The van der Waals surface area contributed by atoms with E-state index in [-0.39, 0.29) is 5.91 Å². The molecule has 0 atom stereocenters. The third kappa shape index (κ3) is 6.58. The van der Waals surface area contributed by atoms with E-state index in [1.165, 1.54) is 12.0 Å². The van der Waals surface area contributed by atoms with Gasteiger partial charge in [-0.2, -0.15) is 0 Å². The summed E-state index contributed by atoms with van der Waals surface area (Å²) >= 11 is 0. The van der Waals surface area contributed by atoms with Crippen molar-refractivity contribution in [2.75, 3.05) is 45.1 Å². The molecule has 1 aliphatic heterocycles. The molecular formula is C22H28N4O3. The van der Waals surface area contributed by atoms with E-state index < -0.39 is 0 Å². The molecule has 7 nitrogen and oxygen atoms in total. The number of hydrogen-bond acceptors (Lipinski definition) is 6. The summed E-state index contributed by atoms with van der Waals surface area (Å²) in [5.41, 5.74) is 9.90. The number of rotatable bonds is 5. The topological polar surface area (TPSA) is 93.6 Å². The van der Waals surface area contributed by atoms with Crippen molar-refractivity contribution in [3.63, 3.8) is 0 Å². The highest BCUT2D eigenvalue weighted by Gasteiger charge is 2.10. The Labute approximate surface area is 170 Å². The molecule has 0 aliphatic carbocycles. The highest BCUT2D eigenvalue weighted by Crippen LogP contribution is 2.12. The first-order valence-electron chi connectivity index (χ1n) is 9.85. The minimum atomic E-state index is -0.0398. The number of nitrogens with one attached hydrogen (secondary N) is 1. The van der Waals surface area contributed by atoms with Gasteiger partial charge in [0, 0.05) is 30.9 Å². The molecule has 3 N–H and O–H groups in total. The largest absolute Gasteiger partial charge is 0.443 e. The average Bonchev–Trinajstić information content (AvgIpc) is 3.20. The Morgan fingerprint density at radius 2 is 1.93 bits per heavy atom. The SMILES string of the molecule is Cc1ccc2ocnc2c1.Nc1ccc(C(=O)NCCCN2CCOCC2)cc1. The second-order valence-corrected chi connectivity index (χ2v) is 7.01. The van der Waals surface area contributed by atoms with Crippen molar-refractivity contribution in [3.8, 4) is 0 Å². The predicted molar refractivity (Wildman–Crippen MR) is 114 cm³/mol. The standard InChI is InChI=1S/C14H21N3O2.C8H7NO/c15-13-4-2-12(3-5-13)14(18)16-6-1-7-17-8-10-19-11-9-17;1-6-2-3-8-7(4-6)9-5-10-8/h2-5H,1,6-11,15H2,(H,16,18);2-5H,1H3. The lowest BCUT2D eigenvalue weighted by Crippen LogP contribution is -2.38. The van der Waals surface area contributed by atoms with Gasteiger partial charge in [0.05, 0.1) is 13.2 Å². The van der Waals surface area contributed by atoms with E-state index in [1.807, 2.05) is 25.1 Å². The molecule has 0 radical (unpaired) electrons. The molecule has 0 bridgehead atoms. The van der Waals surface area contributed by atoms with Crippen molar-refractivity contribution in [2.45, 2.75) is 13.3 Å². The van der Waals surface area contributed by atoms with Crippen LogP contribution in [-0.2, 0) is 4.74 Å². The van der Waals surface area contributed by atoms with Gasteiger partial charge in [0.25, 0.3) is 5.91 Å². The van der Waals surface area contributed by atoms with Crippen LogP contribution in [-0.4, -0.2) is 55.2 Å². The van der Waals surface area contributed by atoms with E-state index in [4.69, 9.17) is 14.9 Å². The normalized spacial score (nSPS) is 14.2. The zero-order valence-electron chi connectivity index (χ0n) is 16.8. The van der Waals surface area contributed by atoms with Gasteiger partial charge in [-0.25, -0.2) is 4.98 Å². The summed E-state index contributed by atoms with van der Waals surface area (Å²) in [6, 6.07) is 12.9. The number of fused-ring (bicyclic) bond motifs is 1. The lowest BCUT2D eigenvalue weighted by Gasteiger charge is -2.26. The number of carbonyl (C=O) groups excluding carboxylic acids is 1. The van der Waals surface area contributed by atoms with E-state index in [1.54, 1.807) is 24.3 Å². The zero-order valence-corrected chi connectivity index (χ0v) is 16.8. The first kappa shape index (κ1) is 20.8. The third-order valence-electron chi connectivity index (χ3n) is 4.70. The second-order valence-electron chi connectivity index (χ2n) is 7.01. The smallest absolute Gasteiger partial charge is 0.251 e. The molecule has 0 unspecified atom stereocenters. The van der Waals surface area contributed by atoms with Crippen LogP contribution in [0.5, 0.6) is 0 Å². The summed E-state index contributed by atoms with van der Waals surface area (Å²) in [6.07, 6.45) is 2.42. The molecule has 0 saturated carbocycles. The van der Waals surface area contributed by atoms with Crippen molar-refractivity contribution in [1.82, 2.24) is 15.2 Å². The fourth-order valence-electron chi connectivity index (χ4n) is 3.03. The molecule has 1 aromatic heterocycles. The number of benzene rings is 2. The molecular weight excluding hydrogens is 368 g/mol. The van der Waals surface area contributed by atoms with Crippen LogP contribution in [0, 0.1) is 6.92 Å². The molecule has 7 heteroatoms. The molecule has 1 fully saturated rings. The van der Waals surface area contributed by atoms with Gasteiger partial charge >= 0.3 is 0 Å². The highest BCUT2D eigenvalue weighted by molar-refractivity contribution is 5.94. The molecule has 2 heterocycles. The van der Waals surface area contributed by atoms with Gasteiger partial charge in [-0.15, -0.1) is 0 Å². The van der Waals surface area contributed by atoms with Gasteiger partial charge in [0.15, 0.2) is 12.0 Å². The fourth-order valence-corrected chi connectivity index (χ4v) is 3.03. The number of aromatic nitrogens is 1. The molecule has 29 heavy (non-hydrogen) atoms. The van der Waals surface area contributed by atoms with Crippen molar-refractivity contribution in [1.29, 1.82) is 0 Å². The Kier molecular flexibility index (Phi) is 7.61. The Morgan fingerprint density at radius 1 is 1.17 bits per heavy atom. The van der Waals surface area contributed by atoms with Gasteiger partial charge < -0.3 is 20.2 Å². The minimum Gasteiger partial charge on any atom is -0.443 e. The number of amides is 1. The number of hydrogen-bond donors (Lipinski definition) is 2. The van der Waals surface area contributed by atoms with Crippen LogP contribution < -0.4 is 11.1 Å². The predicted octanol–water partition coefficient (Wildman–Crippen LogP) is 2.86. The first-order chi connectivity index (χ1) is 14.1. The van der Waals surface area contributed by atoms with Crippen LogP contribution in [0.1, 0.15) is 22.3 Å². The lowest BCUT2D eigenvalue weighted by atomic mass is 10.2. The monoisotopic (exact) mass is 396 g/mol. The Balaban J connectivity index is 0.000000200. The van der Waals surface area contributed by atoms with E-state index in [9.17, 15) is 4.79 Å². The van der Waals surface area contributed by atoms with Gasteiger partial charge in [-0.05, 0) is 61.9 Å². The van der Waals surface area contributed by atoms with Crippen molar-refractivity contribution in [3.05, 3.63) is 60.0 Å². The number of nitrogens with two attached hydrogens (primary N) is 1.